The molecule has 1 aliphatic heterocycles. The van der Waals surface area contributed by atoms with Crippen LogP contribution in [0.25, 0.3) is 0 Å². The molecule has 1 heterocycles. The fraction of sp³-hybridized carbons (Fsp3) is 1.00. The van der Waals surface area contributed by atoms with Gasteiger partial charge in [-0.2, -0.15) is 0 Å². The van der Waals surface area contributed by atoms with Crippen molar-refractivity contribution in [3.63, 3.8) is 0 Å². The van der Waals surface area contributed by atoms with Crippen molar-refractivity contribution in [3.05, 3.63) is 0 Å². The summed E-state index contributed by atoms with van der Waals surface area (Å²) in [5.41, 5.74) is 0.0243. The predicted molar refractivity (Wildman–Crippen MR) is 77.7 cm³/mol. The summed E-state index contributed by atoms with van der Waals surface area (Å²) < 4.78 is 32.4. The van der Waals surface area contributed by atoms with Crippen molar-refractivity contribution in [2.45, 2.75) is 51.8 Å². The lowest BCUT2D eigenvalue weighted by molar-refractivity contribution is 0.0264. The average molecular weight is 292 g/mol. The molecule has 1 fully saturated rings. The van der Waals surface area contributed by atoms with E-state index in [9.17, 15) is 8.42 Å². The number of nitrogens with one attached hydrogen (secondary N) is 2. The van der Waals surface area contributed by atoms with Crippen LogP contribution in [-0.4, -0.2) is 46.0 Å². The molecule has 0 aromatic carbocycles. The normalized spacial score (nSPS) is 21.5. The van der Waals surface area contributed by atoms with Crippen molar-refractivity contribution >= 4 is 10.0 Å². The molecule has 5 nitrogen and oxygen atoms in total. The van der Waals surface area contributed by atoms with E-state index in [4.69, 9.17) is 4.74 Å². The molecule has 0 radical (unpaired) electrons. The summed E-state index contributed by atoms with van der Waals surface area (Å²) in [5, 5.41) is 2.74. The zero-order valence-electron chi connectivity index (χ0n) is 12.5. The van der Waals surface area contributed by atoms with E-state index >= 15 is 0 Å². The van der Waals surface area contributed by atoms with E-state index in [-0.39, 0.29) is 5.41 Å². The Hall–Kier alpha value is -0.170. The minimum Gasteiger partial charge on any atom is -0.381 e. The van der Waals surface area contributed by atoms with Crippen molar-refractivity contribution in [2.75, 3.05) is 26.3 Å². The van der Waals surface area contributed by atoms with Gasteiger partial charge in [0.15, 0.2) is 0 Å². The molecule has 0 amide bonds. The van der Waals surface area contributed by atoms with Crippen molar-refractivity contribution in [2.24, 2.45) is 5.41 Å². The first-order chi connectivity index (χ1) is 8.75. The number of hydrogen-bond donors (Lipinski definition) is 2. The van der Waals surface area contributed by atoms with Gasteiger partial charge in [-0.05, 0) is 25.2 Å². The maximum atomic E-state index is 12.1. The average Bonchev–Trinajstić information content (AvgIpc) is 2.34. The second-order valence-corrected chi connectivity index (χ2v) is 8.35. The highest BCUT2D eigenvalue weighted by molar-refractivity contribution is 7.90. The SMILES string of the molecule is CC(C)NCC(C)S(=O)(=O)NCC1(C)CCOCC1. The summed E-state index contributed by atoms with van der Waals surface area (Å²) >= 11 is 0. The monoisotopic (exact) mass is 292 g/mol. The molecule has 1 aliphatic rings. The van der Waals surface area contributed by atoms with Gasteiger partial charge in [0.25, 0.3) is 0 Å². The Labute approximate surface area is 117 Å². The Morgan fingerprint density at radius 2 is 1.79 bits per heavy atom. The van der Waals surface area contributed by atoms with Gasteiger partial charge in [0.2, 0.25) is 10.0 Å². The molecule has 0 spiro atoms. The van der Waals surface area contributed by atoms with Crippen LogP contribution in [0, 0.1) is 5.41 Å². The van der Waals surface area contributed by atoms with Crippen LogP contribution in [0.3, 0.4) is 0 Å². The van der Waals surface area contributed by atoms with Crippen LogP contribution in [0.15, 0.2) is 0 Å². The second kappa shape index (κ2) is 7.02. The molecule has 1 atom stereocenters. The Bertz CT molecular complexity index is 362. The Morgan fingerprint density at radius 1 is 1.21 bits per heavy atom. The van der Waals surface area contributed by atoms with Gasteiger partial charge in [0.05, 0.1) is 5.25 Å². The predicted octanol–water partition coefficient (Wildman–Crippen LogP) is 1.11. The Kier molecular flexibility index (Phi) is 6.23. The molecule has 6 heteroatoms. The second-order valence-electron chi connectivity index (χ2n) is 6.16. The third-order valence-electron chi connectivity index (χ3n) is 3.74. The lowest BCUT2D eigenvalue weighted by Gasteiger charge is -2.33. The van der Waals surface area contributed by atoms with E-state index in [0.717, 1.165) is 26.1 Å². The zero-order valence-corrected chi connectivity index (χ0v) is 13.3. The van der Waals surface area contributed by atoms with Gasteiger partial charge in [-0.1, -0.05) is 20.8 Å². The first-order valence-electron chi connectivity index (χ1n) is 7.05. The molecule has 1 saturated heterocycles. The largest absolute Gasteiger partial charge is 0.381 e. The van der Waals surface area contributed by atoms with Crippen LogP contribution < -0.4 is 10.0 Å². The van der Waals surface area contributed by atoms with Gasteiger partial charge in [-0.3, -0.25) is 0 Å². The van der Waals surface area contributed by atoms with Gasteiger partial charge in [-0.25, -0.2) is 13.1 Å². The molecule has 0 saturated carbocycles. The first-order valence-corrected chi connectivity index (χ1v) is 8.59. The van der Waals surface area contributed by atoms with Crippen molar-refractivity contribution in [3.8, 4) is 0 Å². The molecule has 1 unspecified atom stereocenters. The van der Waals surface area contributed by atoms with E-state index in [1.807, 2.05) is 13.8 Å². The highest BCUT2D eigenvalue weighted by Crippen LogP contribution is 2.28. The molecular weight excluding hydrogens is 264 g/mol. The molecule has 0 bridgehead atoms. The molecule has 0 aromatic rings. The van der Waals surface area contributed by atoms with Gasteiger partial charge in [0.1, 0.15) is 0 Å². The van der Waals surface area contributed by atoms with Crippen LogP contribution in [0.5, 0.6) is 0 Å². The molecule has 114 valence electrons. The highest BCUT2D eigenvalue weighted by atomic mass is 32.2. The van der Waals surface area contributed by atoms with E-state index in [2.05, 4.69) is 17.0 Å². The molecule has 0 aliphatic carbocycles. The fourth-order valence-corrected chi connectivity index (χ4v) is 3.12. The van der Waals surface area contributed by atoms with Gasteiger partial charge in [-0.15, -0.1) is 0 Å². The summed E-state index contributed by atoms with van der Waals surface area (Å²) in [4.78, 5) is 0. The number of hydrogen-bond acceptors (Lipinski definition) is 4. The summed E-state index contributed by atoms with van der Waals surface area (Å²) in [6.07, 6.45) is 1.82. The van der Waals surface area contributed by atoms with Crippen LogP contribution >= 0.6 is 0 Å². The van der Waals surface area contributed by atoms with Crippen molar-refractivity contribution in [1.82, 2.24) is 10.0 Å². The third-order valence-corrected chi connectivity index (χ3v) is 5.52. The molecular formula is C13H28N2O3S. The fourth-order valence-electron chi connectivity index (χ4n) is 1.97. The van der Waals surface area contributed by atoms with Crippen LogP contribution in [0.1, 0.15) is 40.5 Å². The van der Waals surface area contributed by atoms with E-state index in [0.29, 0.717) is 19.1 Å². The van der Waals surface area contributed by atoms with Crippen LogP contribution in [-0.2, 0) is 14.8 Å². The standard InChI is InChI=1S/C13H28N2O3S/c1-11(2)14-9-12(3)19(16,17)15-10-13(4)5-7-18-8-6-13/h11-12,14-15H,5-10H2,1-4H3. The van der Waals surface area contributed by atoms with Gasteiger partial charge < -0.3 is 10.1 Å². The maximum absolute atomic E-state index is 12.1. The smallest absolute Gasteiger partial charge is 0.215 e. The van der Waals surface area contributed by atoms with Crippen LogP contribution in [0.4, 0.5) is 0 Å². The summed E-state index contributed by atoms with van der Waals surface area (Å²) in [6.45, 7) is 10.3. The van der Waals surface area contributed by atoms with Crippen molar-refractivity contribution in [1.29, 1.82) is 0 Å². The number of sulfonamides is 1. The van der Waals surface area contributed by atoms with Crippen LogP contribution in [0.2, 0.25) is 0 Å². The minimum atomic E-state index is -3.25. The van der Waals surface area contributed by atoms with Crippen molar-refractivity contribution < 1.29 is 13.2 Å². The summed E-state index contributed by atoms with van der Waals surface area (Å²) in [5.74, 6) is 0. The quantitative estimate of drug-likeness (QED) is 0.737. The Balaban J connectivity index is 2.45. The maximum Gasteiger partial charge on any atom is 0.215 e. The van der Waals surface area contributed by atoms with E-state index < -0.39 is 15.3 Å². The number of ether oxygens (including phenoxy) is 1. The summed E-state index contributed by atoms with van der Waals surface area (Å²) in [7, 11) is -3.25. The highest BCUT2D eigenvalue weighted by Gasteiger charge is 2.30. The third kappa shape index (κ3) is 5.77. The minimum absolute atomic E-state index is 0.0243. The lowest BCUT2D eigenvalue weighted by Crippen LogP contribution is -2.45. The van der Waals surface area contributed by atoms with Gasteiger partial charge in [0, 0.05) is 32.3 Å². The molecule has 2 N–H and O–H groups in total. The number of rotatable bonds is 7. The topological polar surface area (TPSA) is 67.4 Å². The summed E-state index contributed by atoms with van der Waals surface area (Å²) in [6, 6.07) is 0.297. The first kappa shape index (κ1) is 16.9. The molecule has 1 rings (SSSR count). The Morgan fingerprint density at radius 3 is 2.32 bits per heavy atom. The van der Waals surface area contributed by atoms with Gasteiger partial charge >= 0.3 is 0 Å². The molecule has 19 heavy (non-hydrogen) atoms. The zero-order chi connectivity index (χ0) is 14.5. The van der Waals surface area contributed by atoms with E-state index in [1.165, 1.54) is 0 Å². The lowest BCUT2D eigenvalue weighted by atomic mass is 9.83. The van der Waals surface area contributed by atoms with E-state index in [1.54, 1.807) is 6.92 Å². The molecule has 0 aromatic heterocycles.